The maximum atomic E-state index is 12.5. The van der Waals surface area contributed by atoms with Gasteiger partial charge in [-0.05, 0) is 38.1 Å². The summed E-state index contributed by atoms with van der Waals surface area (Å²) >= 11 is 0. The molecule has 4 heteroatoms. The van der Waals surface area contributed by atoms with Gasteiger partial charge in [-0.15, -0.1) is 0 Å². The third kappa shape index (κ3) is 2.81. The van der Waals surface area contributed by atoms with Gasteiger partial charge in [0.05, 0.1) is 12.7 Å². The second kappa shape index (κ2) is 5.53. The Morgan fingerprint density at radius 1 is 1.19 bits per heavy atom. The fraction of sp³-hybridized carbons (Fsp3) is 0.471. The molecular formula is C17H22N2O2. The zero-order valence-electron chi connectivity index (χ0n) is 13.0. The van der Waals surface area contributed by atoms with Crippen LogP contribution in [0.4, 0.5) is 0 Å². The van der Waals surface area contributed by atoms with Crippen molar-refractivity contribution < 1.29 is 9.21 Å². The number of aryl methyl sites for hydroxylation is 2. The number of benzene rings is 1. The van der Waals surface area contributed by atoms with Crippen molar-refractivity contribution in [2.75, 3.05) is 33.2 Å². The number of nitrogens with zero attached hydrogens (tertiary/aromatic N) is 2. The van der Waals surface area contributed by atoms with E-state index >= 15 is 0 Å². The molecule has 1 saturated heterocycles. The molecule has 0 aliphatic carbocycles. The molecular weight excluding hydrogens is 264 g/mol. The molecule has 0 atom stereocenters. The van der Waals surface area contributed by atoms with E-state index in [9.17, 15) is 4.79 Å². The maximum absolute atomic E-state index is 12.5. The highest BCUT2D eigenvalue weighted by Gasteiger charge is 2.21. The molecule has 0 saturated carbocycles. The van der Waals surface area contributed by atoms with Crippen LogP contribution in [-0.4, -0.2) is 48.9 Å². The molecule has 1 aromatic heterocycles. The molecule has 21 heavy (non-hydrogen) atoms. The van der Waals surface area contributed by atoms with Crippen LogP contribution in [0, 0.1) is 13.8 Å². The molecule has 2 aromatic rings. The van der Waals surface area contributed by atoms with Crippen molar-refractivity contribution in [1.82, 2.24) is 9.80 Å². The third-order valence-electron chi connectivity index (χ3n) is 4.29. The highest BCUT2D eigenvalue weighted by atomic mass is 16.3. The number of hydrogen-bond donors (Lipinski definition) is 0. The number of hydrogen-bond acceptors (Lipinski definition) is 3. The predicted octanol–water partition coefficient (Wildman–Crippen LogP) is 2.37. The lowest BCUT2D eigenvalue weighted by Gasteiger charge is -2.32. The van der Waals surface area contributed by atoms with Crippen LogP contribution in [-0.2, 0) is 11.2 Å². The summed E-state index contributed by atoms with van der Waals surface area (Å²) in [6.07, 6.45) is 2.17. The second-order valence-corrected chi connectivity index (χ2v) is 6.08. The van der Waals surface area contributed by atoms with E-state index in [1.807, 2.05) is 11.0 Å². The minimum absolute atomic E-state index is 0.200. The van der Waals surface area contributed by atoms with Crippen molar-refractivity contribution in [3.8, 4) is 0 Å². The van der Waals surface area contributed by atoms with Gasteiger partial charge in [0, 0.05) is 37.1 Å². The van der Waals surface area contributed by atoms with Crippen molar-refractivity contribution >= 4 is 16.9 Å². The van der Waals surface area contributed by atoms with Crippen LogP contribution in [0.2, 0.25) is 0 Å². The van der Waals surface area contributed by atoms with Gasteiger partial charge in [0.15, 0.2) is 0 Å². The summed E-state index contributed by atoms with van der Waals surface area (Å²) in [4.78, 5) is 16.7. The molecule has 0 unspecified atom stereocenters. The van der Waals surface area contributed by atoms with E-state index in [1.165, 1.54) is 11.1 Å². The number of carbonyl (C=O) groups is 1. The normalized spacial score (nSPS) is 16.6. The molecule has 4 nitrogen and oxygen atoms in total. The molecule has 2 heterocycles. The van der Waals surface area contributed by atoms with Crippen molar-refractivity contribution in [1.29, 1.82) is 0 Å². The van der Waals surface area contributed by atoms with Gasteiger partial charge in [-0.25, -0.2) is 0 Å². The second-order valence-electron chi connectivity index (χ2n) is 6.08. The van der Waals surface area contributed by atoms with Crippen molar-refractivity contribution in [2.45, 2.75) is 20.3 Å². The summed E-state index contributed by atoms with van der Waals surface area (Å²) in [5, 5.41) is 1.10. The van der Waals surface area contributed by atoms with Crippen LogP contribution in [0.5, 0.6) is 0 Å². The van der Waals surface area contributed by atoms with E-state index in [-0.39, 0.29) is 5.91 Å². The van der Waals surface area contributed by atoms with Crippen LogP contribution < -0.4 is 0 Å². The SMILES string of the molecule is Cc1cc(C)c2c(CC(=O)N3CCN(C)CC3)coc2c1. The average molecular weight is 286 g/mol. The Morgan fingerprint density at radius 2 is 1.90 bits per heavy atom. The Bertz CT molecular complexity index is 667. The Balaban J connectivity index is 1.80. The molecule has 0 bridgehead atoms. The van der Waals surface area contributed by atoms with E-state index in [2.05, 4.69) is 31.9 Å². The highest BCUT2D eigenvalue weighted by Crippen LogP contribution is 2.27. The summed E-state index contributed by atoms with van der Waals surface area (Å²) in [6, 6.07) is 4.17. The molecule has 0 N–H and O–H groups in total. The lowest BCUT2D eigenvalue weighted by molar-refractivity contribution is -0.132. The summed E-state index contributed by atoms with van der Waals surface area (Å²) in [5.41, 5.74) is 4.26. The van der Waals surface area contributed by atoms with Gasteiger partial charge in [0.25, 0.3) is 0 Å². The Morgan fingerprint density at radius 3 is 2.62 bits per heavy atom. The third-order valence-corrected chi connectivity index (χ3v) is 4.29. The minimum atomic E-state index is 0.200. The largest absolute Gasteiger partial charge is 0.464 e. The molecule has 1 aliphatic heterocycles. The Labute approximate surface area is 125 Å². The lowest BCUT2D eigenvalue weighted by Crippen LogP contribution is -2.47. The molecule has 1 fully saturated rings. The minimum Gasteiger partial charge on any atom is -0.464 e. The smallest absolute Gasteiger partial charge is 0.227 e. The summed E-state index contributed by atoms with van der Waals surface area (Å²) in [7, 11) is 2.09. The van der Waals surface area contributed by atoms with Crippen LogP contribution in [0.25, 0.3) is 11.0 Å². The zero-order chi connectivity index (χ0) is 15.0. The topological polar surface area (TPSA) is 36.7 Å². The first-order valence-electron chi connectivity index (χ1n) is 7.48. The predicted molar refractivity (Wildman–Crippen MR) is 83.5 cm³/mol. The Kier molecular flexibility index (Phi) is 3.72. The number of amides is 1. The van der Waals surface area contributed by atoms with Crippen LogP contribution in [0.15, 0.2) is 22.8 Å². The van der Waals surface area contributed by atoms with E-state index < -0.39 is 0 Å². The first kappa shape index (κ1) is 14.1. The number of furan rings is 1. The Hall–Kier alpha value is -1.81. The van der Waals surface area contributed by atoms with Crippen molar-refractivity contribution in [3.63, 3.8) is 0 Å². The van der Waals surface area contributed by atoms with Crippen LogP contribution in [0.1, 0.15) is 16.7 Å². The molecule has 0 spiro atoms. The summed E-state index contributed by atoms with van der Waals surface area (Å²) < 4.78 is 5.64. The maximum Gasteiger partial charge on any atom is 0.227 e. The molecule has 1 aromatic carbocycles. The van der Waals surface area contributed by atoms with Gasteiger partial charge < -0.3 is 14.2 Å². The molecule has 3 rings (SSSR count). The molecule has 1 aliphatic rings. The van der Waals surface area contributed by atoms with E-state index in [4.69, 9.17) is 4.42 Å². The van der Waals surface area contributed by atoms with Gasteiger partial charge in [-0.1, -0.05) is 6.07 Å². The number of likely N-dealkylation sites (N-methyl/N-ethyl adjacent to an activating group) is 1. The number of carbonyl (C=O) groups excluding carboxylic acids is 1. The zero-order valence-corrected chi connectivity index (χ0v) is 13.0. The number of fused-ring (bicyclic) bond motifs is 1. The average Bonchev–Trinajstić information content (AvgIpc) is 2.82. The molecule has 112 valence electrons. The first-order valence-corrected chi connectivity index (χ1v) is 7.48. The molecule has 1 amide bonds. The van der Waals surface area contributed by atoms with E-state index in [1.54, 1.807) is 6.26 Å². The number of piperazine rings is 1. The summed E-state index contributed by atoms with van der Waals surface area (Å²) in [5.74, 6) is 0.200. The van der Waals surface area contributed by atoms with E-state index in [0.717, 1.165) is 42.7 Å². The summed E-state index contributed by atoms with van der Waals surface area (Å²) in [6.45, 7) is 7.69. The molecule has 0 radical (unpaired) electrons. The standard InChI is InChI=1S/C17H22N2O2/c1-12-8-13(2)17-14(11-21-15(17)9-12)10-16(20)19-6-4-18(3)5-7-19/h8-9,11H,4-7,10H2,1-3H3. The van der Waals surface area contributed by atoms with Gasteiger partial charge in [0.2, 0.25) is 5.91 Å². The fourth-order valence-electron chi connectivity index (χ4n) is 3.09. The first-order chi connectivity index (χ1) is 10.0. The fourth-order valence-corrected chi connectivity index (χ4v) is 3.09. The van der Waals surface area contributed by atoms with Crippen molar-refractivity contribution in [2.24, 2.45) is 0 Å². The quantitative estimate of drug-likeness (QED) is 0.850. The van der Waals surface area contributed by atoms with Gasteiger partial charge in [-0.2, -0.15) is 0 Å². The number of rotatable bonds is 2. The van der Waals surface area contributed by atoms with Gasteiger partial charge >= 0.3 is 0 Å². The van der Waals surface area contributed by atoms with Crippen LogP contribution in [0.3, 0.4) is 0 Å². The van der Waals surface area contributed by atoms with E-state index in [0.29, 0.717) is 6.42 Å². The van der Waals surface area contributed by atoms with Gasteiger partial charge in [0.1, 0.15) is 5.58 Å². The monoisotopic (exact) mass is 286 g/mol. The lowest BCUT2D eigenvalue weighted by atomic mass is 10.0. The van der Waals surface area contributed by atoms with Gasteiger partial charge in [-0.3, -0.25) is 4.79 Å². The van der Waals surface area contributed by atoms with Crippen molar-refractivity contribution in [3.05, 3.63) is 35.1 Å². The van der Waals surface area contributed by atoms with Crippen LogP contribution >= 0.6 is 0 Å². The highest BCUT2D eigenvalue weighted by molar-refractivity contribution is 5.90.